The number of ether oxygens (including phenoxy) is 1. The van der Waals surface area contributed by atoms with Crippen LogP contribution in [0.5, 0.6) is 0 Å². The molecule has 3 rings (SSSR count). The number of thiophene rings is 1. The van der Waals surface area contributed by atoms with Gasteiger partial charge in [-0.1, -0.05) is 19.0 Å². The summed E-state index contributed by atoms with van der Waals surface area (Å²) in [5, 5.41) is 8.32. The molecule has 0 aromatic carbocycles. The lowest BCUT2D eigenvalue weighted by Gasteiger charge is -2.35. The van der Waals surface area contributed by atoms with Gasteiger partial charge in [0.15, 0.2) is 5.82 Å². The van der Waals surface area contributed by atoms with E-state index in [1.165, 1.54) is 5.56 Å². The monoisotopic (exact) mass is 321 g/mol. The summed E-state index contributed by atoms with van der Waals surface area (Å²) in [4.78, 5) is 6.84. The molecular formula is C16H23N3O2S. The zero-order valence-electron chi connectivity index (χ0n) is 13.4. The van der Waals surface area contributed by atoms with E-state index in [4.69, 9.17) is 9.26 Å². The van der Waals surface area contributed by atoms with E-state index < -0.39 is 0 Å². The summed E-state index contributed by atoms with van der Waals surface area (Å²) >= 11 is 1.71. The van der Waals surface area contributed by atoms with E-state index in [-0.39, 0.29) is 12.2 Å². The molecule has 6 heteroatoms. The van der Waals surface area contributed by atoms with Gasteiger partial charge < -0.3 is 9.26 Å². The first-order valence-corrected chi connectivity index (χ1v) is 8.76. The summed E-state index contributed by atoms with van der Waals surface area (Å²) in [5.41, 5.74) is 1.26. The predicted molar refractivity (Wildman–Crippen MR) is 85.7 cm³/mol. The van der Waals surface area contributed by atoms with E-state index in [1.807, 2.05) is 0 Å². The lowest BCUT2D eigenvalue weighted by atomic mass is 10.1. The van der Waals surface area contributed by atoms with Gasteiger partial charge in [-0.25, -0.2) is 0 Å². The third-order valence-electron chi connectivity index (χ3n) is 3.71. The first-order chi connectivity index (χ1) is 10.6. The second-order valence-corrected chi connectivity index (χ2v) is 7.17. The van der Waals surface area contributed by atoms with Crippen LogP contribution in [0.15, 0.2) is 21.3 Å². The van der Waals surface area contributed by atoms with Crippen molar-refractivity contribution in [2.75, 3.05) is 13.1 Å². The molecule has 0 bridgehead atoms. The van der Waals surface area contributed by atoms with Gasteiger partial charge in [0.1, 0.15) is 0 Å². The number of morpholine rings is 1. The van der Waals surface area contributed by atoms with Crippen molar-refractivity contribution in [3.8, 4) is 0 Å². The molecule has 0 radical (unpaired) electrons. The van der Waals surface area contributed by atoms with Gasteiger partial charge in [0, 0.05) is 19.5 Å². The van der Waals surface area contributed by atoms with Gasteiger partial charge in [-0.15, -0.1) is 0 Å². The molecule has 0 aliphatic carbocycles. The van der Waals surface area contributed by atoms with Crippen molar-refractivity contribution >= 4 is 11.3 Å². The molecule has 22 heavy (non-hydrogen) atoms. The number of hydrogen-bond donors (Lipinski definition) is 0. The molecule has 1 saturated heterocycles. The van der Waals surface area contributed by atoms with Crippen molar-refractivity contribution < 1.29 is 9.26 Å². The Morgan fingerprint density at radius 2 is 2.27 bits per heavy atom. The van der Waals surface area contributed by atoms with Crippen LogP contribution in [0.3, 0.4) is 0 Å². The van der Waals surface area contributed by atoms with Crippen LogP contribution >= 0.6 is 11.3 Å². The van der Waals surface area contributed by atoms with E-state index >= 15 is 0 Å². The van der Waals surface area contributed by atoms with Gasteiger partial charge in [-0.05, 0) is 35.2 Å². The van der Waals surface area contributed by atoms with E-state index in [1.54, 1.807) is 11.3 Å². The Kier molecular flexibility index (Phi) is 4.90. The summed E-state index contributed by atoms with van der Waals surface area (Å²) in [5.74, 6) is 2.05. The fraction of sp³-hybridized carbons (Fsp3) is 0.625. The highest BCUT2D eigenvalue weighted by Crippen LogP contribution is 2.27. The molecule has 0 unspecified atom stereocenters. The Morgan fingerprint density at radius 1 is 1.41 bits per heavy atom. The van der Waals surface area contributed by atoms with Crippen LogP contribution in [0.2, 0.25) is 0 Å². The molecule has 120 valence electrons. The highest BCUT2D eigenvalue weighted by molar-refractivity contribution is 7.07. The molecule has 0 spiro atoms. The molecule has 2 aromatic heterocycles. The lowest BCUT2D eigenvalue weighted by Crippen LogP contribution is -2.42. The lowest BCUT2D eigenvalue weighted by molar-refractivity contribution is -0.0831. The summed E-state index contributed by atoms with van der Waals surface area (Å²) in [6.45, 7) is 8.88. The molecule has 0 N–H and O–H groups in total. The maximum absolute atomic E-state index is 6.05. The molecular weight excluding hydrogens is 298 g/mol. The van der Waals surface area contributed by atoms with E-state index in [0.717, 1.165) is 25.3 Å². The van der Waals surface area contributed by atoms with Crippen LogP contribution < -0.4 is 0 Å². The van der Waals surface area contributed by atoms with Crippen molar-refractivity contribution in [3.05, 3.63) is 34.1 Å². The number of hydrogen-bond acceptors (Lipinski definition) is 6. The first kappa shape index (κ1) is 15.6. The molecule has 1 fully saturated rings. The summed E-state index contributed by atoms with van der Waals surface area (Å²) < 4.78 is 11.4. The fourth-order valence-electron chi connectivity index (χ4n) is 2.80. The van der Waals surface area contributed by atoms with Gasteiger partial charge in [-0.3, -0.25) is 4.90 Å². The Hall–Kier alpha value is -1.24. The standard InChI is InChI=1S/C16H23N3O2S/c1-11(2)6-15-17-16(21-18-15)9-19-7-12(3)20-14(8-19)13-4-5-22-10-13/h4-5,10-12,14H,6-9H2,1-3H3/t12-,14+/m1/s1. The average molecular weight is 321 g/mol. The zero-order chi connectivity index (χ0) is 15.5. The first-order valence-electron chi connectivity index (χ1n) is 7.81. The molecule has 0 amide bonds. The highest BCUT2D eigenvalue weighted by Gasteiger charge is 2.27. The molecule has 3 heterocycles. The third kappa shape index (κ3) is 3.94. The summed E-state index contributed by atoms with van der Waals surface area (Å²) in [6, 6.07) is 2.14. The molecule has 2 aromatic rings. The molecule has 1 aliphatic heterocycles. The van der Waals surface area contributed by atoms with Crippen molar-refractivity contribution in [1.29, 1.82) is 0 Å². The Morgan fingerprint density at radius 3 is 3.00 bits per heavy atom. The minimum Gasteiger partial charge on any atom is -0.368 e. The van der Waals surface area contributed by atoms with E-state index in [9.17, 15) is 0 Å². The second kappa shape index (κ2) is 6.89. The smallest absolute Gasteiger partial charge is 0.240 e. The maximum atomic E-state index is 6.05. The van der Waals surface area contributed by atoms with Crippen LogP contribution in [-0.4, -0.2) is 34.2 Å². The van der Waals surface area contributed by atoms with Crippen LogP contribution in [-0.2, 0) is 17.7 Å². The van der Waals surface area contributed by atoms with Crippen molar-refractivity contribution in [2.45, 2.75) is 45.9 Å². The Bertz CT molecular complexity index is 582. The van der Waals surface area contributed by atoms with E-state index in [0.29, 0.717) is 18.4 Å². The van der Waals surface area contributed by atoms with Gasteiger partial charge in [0.05, 0.1) is 18.8 Å². The maximum Gasteiger partial charge on any atom is 0.240 e. The Balaban J connectivity index is 1.63. The van der Waals surface area contributed by atoms with Crippen molar-refractivity contribution in [2.24, 2.45) is 5.92 Å². The minimum atomic E-state index is 0.132. The summed E-state index contributed by atoms with van der Waals surface area (Å²) in [7, 11) is 0. The van der Waals surface area contributed by atoms with Crippen molar-refractivity contribution in [3.63, 3.8) is 0 Å². The zero-order valence-corrected chi connectivity index (χ0v) is 14.2. The van der Waals surface area contributed by atoms with Gasteiger partial charge in [0.2, 0.25) is 5.89 Å². The SMILES string of the molecule is CC(C)Cc1noc(CN2C[C@@H](C)O[C@H](c3ccsc3)C2)n1. The largest absolute Gasteiger partial charge is 0.368 e. The number of rotatable bonds is 5. The van der Waals surface area contributed by atoms with Gasteiger partial charge in [0.25, 0.3) is 0 Å². The molecule has 2 atom stereocenters. The molecule has 0 saturated carbocycles. The minimum absolute atomic E-state index is 0.132. The number of nitrogens with zero attached hydrogens (tertiary/aromatic N) is 3. The van der Waals surface area contributed by atoms with Gasteiger partial charge >= 0.3 is 0 Å². The predicted octanol–water partition coefficient (Wildman–Crippen LogP) is 3.29. The molecule has 5 nitrogen and oxygen atoms in total. The molecule has 1 aliphatic rings. The van der Waals surface area contributed by atoms with Crippen LogP contribution in [0.4, 0.5) is 0 Å². The normalized spacial score (nSPS) is 23.3. The van der Waals surface area contributed by atoms with Crippen LogP contribution in [0.1, 0.15) is 44.2 Å². The fourth-order valence-corrected chi connectivity index (χ4v) is 3.51. The van der Waals surface area contributed by atoms with Crippen LogP contribution in [0.25, 0.3) is 0 Å². The third-order valence-corrected chi connectivity index (χ3v) is 4.41. The summed E-state index contributed by atoms with van der Waals surface area (Å²) in [6.07, 6.45) is 1.20. The quantitative estimate of drug-likeness (QED) is 0.846. The van der Waals surface area contributed by atoms with Crippen molar-refractivity contribution in [1.82, 2.24) is 15.0 Å². The number of aromatic nitrogens is 2. The van der Waals surface area contributed by atoms with Gasteiger partial charge in [-0.2, -0.15) is 16.3 Å². The Labute approximate surface area is 135 Å². The highest BCUT2D eigenvalue weighted by atomic mass is 32.1. The second-order valence-electron chi connectivity index (χ2n) is 6.39. The van der Waals surface area contributed by atoms with Crippen LogP contribution in [0, 0.1) is 5.92 Å². The average Bonchev–Trinajstić information content (AvgIpc) is 3.09. The topological polar surface area (TPSA) is 51.4 Å². The van der Waals surface area contributed by atoms with E-state index in [2.05, 4.69) is 52.6 Å².